The zero-order valence-corrected chi connectivity index (χ0v) is 16.1. The van der Waals surface area contributed by atoms with Crippen molar-refractivity contribution in [3.05, 3.63) is 0 Å². The first-order valence-electron chi connectivity index (χ1n) is 7.38. The second kappa shape index (κ2) is 8.39. The Balaban J connectivity index is 3.33. The highest BCUT2D eigenvalue weighted by Gasteiger charge is 2.28. The predicted octanol–water partition coefficient (Wildman–Crippen LogP) is 0.589. The number of hydrogen-bond acceptors (Lipinski definition) is 8. The molecule has 0 aliphatic rings. The molecule has 0 atom stereocenters. The molecule has 0 saturated carbocycles. The highest BCUT2D eigenvalue weighted by molar-refractivity contribution is 7.53. The van der Waals surface area contributed by atoms with E-state index in [1.54, 1.807) is 0 Å². The molecular formula is C11H24N6O6P2. The Morgan fingerprint density at radius 2 is 1.20 bits per heavy atom. The van der Waals surface area contributed by atoms with Crippen molar-refractivity contribution in [2.24, 2.45) is 0 Å². The maximum Gasteiger partial charge on any atom is 0.344 e. The molecule has 0 saturated heterocycles. The van der Waals surface area contributed by atoms with E-state index in [1.807, 2.05) is 27.7 Å². The molecule has 0 amide bonds. The lowest BCUT2D eigenvalue weighted by Crippen LogP contribution is -2.29. The smallest absolute Gasteiger partial charge is 0.344 e. The molecule has 0 unspecified atom stereocenters. The van der Waals surface area contributed by atoms with E-state index < -0.39 is 27.8 Å². The van der Waals surface area contributed by atoms with E-state index in [4.69, 9.17) is 0 Å². The van der Waals surface area contributed by atoms with Crippen LogP contribution in [0.15, 0.2) is 0 Å². The van der Waals surface area contributed by atoms with Crippen molar-refractivity contribution in [2.75, 3.05) is 28.1 Å². The van der Waals surface area contributed by atoms with Gasteiger partial charge in [-0.1, -0.05) is 0 Å². The Morgan fingerprint density at radius 1 is 0.840 bits per heavy atom. The van der Waals surface area contributed by atoms with Gasteiger partial charge in [0, 0.05) is 12.1 Å². The first-order chi connectivity index (χ1) is 11.2. The molecule has 25 heavy (non-hydrogen) atoms. The fourth-order valence-electron chi connectivity index (χ4n) is 1.77. The third-order valence-electron chi connectivity index (χ3n) is 2.45. The molecule has 0 fully saturated rings. The summed E-state index contributed by atoms with van der Waals surface area (Å²) in [4.78, 5) is 49.7. The van der Waals surface area contributed by atoms with Gasteiger partial charge in [-0.3, -0.25) is 9.13 Å². The van der Waals surface area contributed by atoms with Gasteiger partial charge in [0.1, 0.15) is 12.6 Å². The molecule has 12 nitrogen and oxygen atoms in total. The summed E-state index contributed by atoms with van der Waals surface area (Å²) in [5.74, 6) is -0.0258. The highest BCUT2D eigenvalue weighted by Crippen LogP contribution is 2.42. The molecule has 1 rings (SSSR count). The fourth-order valence-corrected chi connectivity index (χ4v) is 3.27. The molecule has 6 N–H and O–H groups in total. The molecule has 0 bridgehead atoms. The van der Waals surface area contributed by atoms with E-state index in [1.165, 1.54) is 0 Å². The first kappa shape index (κ1) is 21.8. The van der Waals surface area contributed by atoms with Crippen LogP contribution in [0.4, 0.5) is 17.8 Å². The lowest BCUT2D eigenvalue weighted by molar-refractivity contribution is 0.366. The summed E-state index contributed by atoms with van der Waals surface area (Å²) < 4.78 is 22.6. The molecule has 1 aromatic rings. The van der Waals surface area contributed by atoms with Crippen molar-refractivity contribution < 1.29 is 28.7 Å². The lowest BCUT2D eigenvalue weighted by atomic mass is 10.4. The molecule has 14 heteroatoms. The van der Waals surface area contributed by atoms with E-state index in [-0.39, 0.29) is 29.9 Å². The first-order valence-corrected chi connectivity index (χ1v) is 11.0. The van der Waals surface area contributed by atoms with Gasteiger partial charge < -0.3 is 35.1 Å². The van der Waals surface area contributed by atoms with Crippen LogP contribution < -0.4 is 15.5 Å². The van der Waals surface area contributed by atoms with Gasteiger partial charge in [-0.2, -0.15) is 15.0 Å². The molecule has 0 radical (unpaired) electrons. The normalized spacial score (nSPS) is 12.6. The fraction of sp³-hybridized carbons (Fsp3) is 0.727. The van der Waals surface area contributed by atoms with Crippen LogP contribution in [0, 0.1) is 0 Å². The summed E-state index contributed by atoms with van der Waals surface area (Å²) in [6.07, 6.45) is -1.88. The zero-order valence-electron chi connectivity index (χ0n) is 14.4. The maximum absolute atomic E-state index is 11.3. The number of hydrogen-bond donors (Lipinski definition) is 6. The average Bonchev–Trinajstić information content (AvgIpc) is 2.32. The number of nitrogens with zero attached hydrogens (tertiary/aromatic N) is 4. The van der Waals surface area contributed by atoms with Gasteiger partial charge in [0.15, 0.2) is 0 Å². The van der Waals surface area contributed by atoms with Crippen LogP contribution in [0.5, 0.6) is 0 Å². The van der Waals surface area contributed by atoms with Crippen molar-refractivity contribution in [3.63, 3.8) is 0 Å². The van der Waals surface area contributed by atoms with Gasteiger partial charge in [0.2, 0.25) is 17.8 Å². The summed E-state index contributed by atoms with van der Waals surface area (Å²) in [5, 5.41) is 5.84. The Kier molecular flexibility index (Phi) is 7.30. The number of aromatic nitrogens is 3. The predicted molar refractivity (Wildman–Crippen MR) is 93.6 cm³/mol. The molecule has 0 aliphatic carbocycles. The molecule has 0 aliphatic heterocycles. The third-order valence-corrected chi connectivity index (χ3v) is 3.87. The van der Waals surface area contributed by atoms with E-state index >= 15 is 0 Å². The van der Waals surface area contributed by atoms with Crippen LogP contribution in [-0.2, 0) is 9.13 Å². The molecule has 1 aromatic heterocycles. The minimum absolute atomic E-state index is 0.0424. The Hall–Kier alpha value is -1.29. The third kappa shape index (κ3) is 9.10. The maximum atomic E-state index is 11.3. The lowest BCUT2D eigenvalue weighted by Gasteiger charge is -2.24. The summed E-state index contributed by atoms with van der Waals surface area (Å²) in [5.41, 5.74) is 0. The van der Waals surface area contributed by atoms with Gasteiger partial charge in [-0.15, -0.1) is 0 Å². The van der Waals surface area contributed by atoms with Crippen LogP contribution in [0.2, 0.25) is 0 Å². The van der Waals surface area contributed by atoms with Crippen molar-refractivity contribution in [1.82, 2.24) is 15.0 Å². The number of nitrogens with one attached hydrogen (secondary N) is 2. The quantitative estimate of drug-likeness (QED) is 0.319. The van der Waals surface area contributed by atoms with E-state index in [0.29, 0.717) is 0 Å². The van der Waals surface area contributed by atoms with Gasteiger partial charge in [-0.05, 0) is 27.7 Å². The van der Waals surface area contributed by atoms with Gasteiger partial charge in [0.25, 0.3) is 0 Å². The van der Waals surface area contributed by atoms with E-state index in [0.717, 1.165) is 4.90 Å². The monoisotopic (exact) mass is 398 g/mol. The average molecular weight is 398 g/mol. The Labute approximate surface area is 145 Å². The van der Waals surface area contributed by atoms with Crippen molar-refractivity contribution in [2.45, 2.75) is 39.8 Å². The van der Waals surface area contributed by atoms with Crippen LogP contribution in [0.1, 0.15) is 27.7 Å². The van der Waals surface area contributed by atoms with Crippen LogP contribution in [-0.4, -0.2) is 59.2 Å². The molecular weight excluding hydrogens is 374 g/mol. The summed E-state index contributed by atoms with van der Waals surface area (Å²) in [7, 11) is -9.23. The van der Waals surface area contributed by atoms with Crippen molar-refractivity contribution >= 4 is 33.0 Å². The van der Waals surface area contributed by atoms with Gasteiger partial charge >= 0.3 is 15.2 Å². The summed E-state index contributed by atoms with van der Waals surface area (Å²) in [6.45, 7) is 7.34. The highest BCUT2D eigenvalue weighted by atomic mass is 31.2. The molecule has 0 spiro atoms. The van der Waals surface area contributed by atoms with E-state index in [9.17, 15) is 28.7 Å². The number of anilines is 3. The zero-order chi connectivity index (χ0) is 19.4. The standard InChI is InChI=1S/C11H24N6O6P2/c1-7(2)12-9-14-10(13-8(3)4)16-11(15-9)17(5-24(18,19)20)6-25(21,22)23/h7-8H,5-6H2,1-4H3,(H2,18,19,20)(H2,21,22,23)(H2,12,13,14,15,16). The minimum atomic E-state index is -4.62. The summed E-state index contributed by atoms with van der Waals surface area (Å²) >= 11 is 0. The number of rotatable bonds is 9. The van der Waals surface area contributed by atoms with Crippen LogP contribution in [0.3, 0.4) is 0 Å². The van der Waals surface area contributed by atoms with Gasteiger partial charge in [0.05, 0.1) is 0 Å². The minimum Gasteiger partial charge on any atom is -0.352 e. The topological polar surface area (TPSA) is 181 Å². The largest absolute Gasteiger partial charge is 0.352 e. The SMILES string of the molecule is CC(C)Nc1nc(NC(C)C)nc(N(CP(=O)(O)O)CP(=O)(O)O)n1. The van der Waals surface area contributed by atoms with E-state index in [2.05, 4.69) is 25.6 Å². The van der Waals surface area contributed by atoms with Crippen molar-refractivity contribution in [3.8, 4) is 0 Å². The molecule has 144 valence electrons. The second-order valence-corrected chi connectivity index (χ2v) is 9.26. The Morgan fingerprint density at radius 3 is 1.48 bits per heavy atom. The van der Waals surface area contributed by atoms with Crippen LogP contribution in [0.25, 0.3) is 0 Å². The van der Waals surface area contributed by atoms with Crippen LogP contribution >= 0.6 is 15.2 Å². The Bertz CT molecular complexity index is 623. The van der Waals surface area contributed by atoms with Crippen molar-refractivity contribution in [1.29, 1.82) is 0 Å². The molecule has 1 heterocycles. The molecule has 0 aromatic carbocycles. The van der Waals surface area contributed by atoms with Gasteiger partial charge in [-0.25, -0.2) is 0 Å². The second-order valence-electron chi connectivity index (χ2n) is 6.03. The summed E-state index contributed by atoms with van der Waals surface area (Å²) in [6, 6.07) is -0.0849.